The summed E-state index contributed by atoms with van der Waals surface area (Å²) in [5, 5.41) is 5.88. The Morgan fingerprint density at radius 2 is 1.86 bits per heavy atom. The number of hydrogen-bond acceptors (Lipinski definition) is 2. The lowest BCUT2D eigenvalue weighted by Crippen LogP contribution is -2.34. The van der Waals surface area contributed by atoms with Crippen LogP contribution in [0.15, 0.2) is 46.9 Å². The van der Waals surface area contributed by atoms with Crippen LogP contribution in [0.25, 0.3) is 0 Å². The number of benzene rings is 2. The molecule has 3 nitrogen and oxygen atoms in total. The molecule has 0 unspecified atom stereocenters. The summed E-state index contributed by atoms with van der Waals surface area (Å²) in [6, 6.07) is 10.4. The van der Waals surface area contributed by atoms with Crippen molar-refractivity contribution in [3.63, 3.8) is 0 Å². The quantitative estimate of drug-likeness (QED) is 0.752. The molecule has 2 aromatic carbocycles. The Balaban J connectivity index is 2.01. The van der Waals surface area contributed by atoms with Gasteiger partial charge in [0.15, 0.2) is 5.11 Å². The van der Waals surface area contributed by atoms with Gasteiger partial charge in [0.25, 0.3) is 5.91 Å². The van der Waals surface area contributed by atoms with Gasteiger partial charge in [0.05, 0.1) is 10.7 Å². The van der Waals surface area contributed by atoms with E-state index in [1.54, 1.807) is 18.2 Å². The number of halogens is 3. The van der Waals surface area contributed by atoms with Gasteiger partial charge >= 0.3 is 0 Å². The van der Waals surface area contributed by atoms with E-state index >= 15 is 0 Å². The van der Waals surface area contributed by atoms with Crippen LogP contribution in [-0.2, 0) is 0 Å². The summed E-state index contributed by atoms with van der Waals surface area (Å²) in [6.45, 7) is 0. The minimum atomic E-state index is -0.430. The third kappa shape index (κ3) is 4.49. The van der Waals surface area contributed by atoms with Crippen molar-refractivity contribution in [2.75, 3.05) is 5.32 Å². The number of carbonyl (C=O) groups excluding carboxylic acids is 1. The zero-order valence-electron chi connectivity index (χ0n) is 10.5. The maximum Gasteiger partial charge on any atom is 0.257 e. The van der Waals surface area contributed by atoms with E-state index in [1.807, 2.05) is 0 Å². The molecule has 0 radical (unpaired) electrons. The van der Waals surface area contributed by atoms with Crippen LogP contribution in [0.3, 0.4) is 0 Å². The average Bonchev–Trinajstić information content (AvgIpc) is 2.42. The van der Waals surface area contributed by atoms with Crippen molar-refractivity contribution in [2.24, 2.45) is 0 Å². The van der Waals surface area contributed by atoms with Crippen molar-refractivity contribution in [2.45, 2.75) is 0 Å². The number of hydrogen-bond donors (Lipinski definition) is 2. The Bertz CT molecular complexity index is 694. The van der Waals surface area contributed by atoms with E-state index in [0.717, 1.165) is 4.47 Å². The van der Waals surface area contributed by atoms with Crippen LogP contribution in [0.1, 0.15) is 10.4 Å². The summed E-state index contributed by atoms with van der Waals surface area (Å²) in [7, 11) is 0. The second-order valence-electron chi connectivity index (χ2n) is 4.04. The highest BCUT2D eigenvalue weighted by molar-refractivity contribution is 9.10. The third-order valence-electron chi connectivity index (χ3n) is 2.51. The molecule has 0 saturated heterocycles. The van der Waals surface area contributed by atoms with Gasteiger partial charge in [0.1, 0.15) is 5.82 Å². The van der Waals surface area contributed by atoms with Gasteiger partial charge in [0.2, 0.25) is 0 Å². The van der Waals surface area contributed by atoms with Crippen molar-refractivity contribution in [1.29, 1.82) is 0 Å². The number of anilines is 1. The van der Waals surface area contributed by atoms with E-state index < -0.39 is 11.7 Å². The predicted octanol–water partition coefficient (Wildman–Crippen LogP) is 4.37. The third-order valence-corrected chi connectivity index (χ3v) is 3.52. The lowest BCUT2D eigenvalue weighted by atomic mass is 10.2. The van der Waals surface area contributed by atoms with E-state index in [0.29, 0.717) is 16.3 Å². The lowest BCUT2D eigenvalue weighted by Gasteiger charge is -2.11. The molecular weight excluding hydrogens is 379 g/mol. The molecule has 1 amide bonds. The van der Waals surface area contributed by atoms with Crippen molar-refractivity contribution < 1.29 is 9.18 Å². The largest absolute Gasteiger partial charge is 0.331 e. The van der Waals surface area contributed by atoms with Gasteiger partial charge in [-0.25, -0.2) is 4.39 Å². The molecule has 0 bridgehead atoms. The van der Waals surface area contributed by atoms with Gasteiger partial charge in [-0.05, 0) is 54.7 Å². The molecule has 0 aromatic heterocycles. The minimum Gasteiger partial charge on any atom is -0.331 e. The van der Waals surface area contributed by atoms with Gasteiger partial charge < -0.3 is 5.32 Å². The van der Waals surface area contributed by atoms with Crippen molar-refractivity contribution in [3.05, 3.63) is 63.3 Å². The first-order chi connectivity index (χ1) is 9.95. The van der Waals surface area contributed by atoms with Gasteiger partial charge in [0, 0.05) is 10.0 Å². The molecule has 108 valence electrons. The van der Waals surface area contributed by atoms with Crippen LogP contribution in [0, 0.1) is 5.82 Å². The first-order valence-corrected chi connectivity index (χ1v) is 7.36. The summed E-state index contributed by atoms with van der Waals surface area (Å²) >= 11 is 14.4. The van der Waals surface area contributed by atoms with Crippen LogP contribution in [0.5, 0.6) is 0 Å². The molecular formula is C14H9BrClFN2OS. The summed E-state index contributed by atoms with van der Waals surface area (Å²) < 4.78 is 13.6. The van der Waals surface area contributed by atoms with Gasteiger partial charge in [-0.1, -0.05) is 27.5 Å². The van der Waals surface area contributed by atoms with Crippen LogP contribution >= 0.6 is 39.7 Å². The molecule has 0 aliphatic rings. The predicted molar refractivity (Wildman–Crippen MR) is 89.2 cm³/mol. The standard InChI is InChI=1S/C14H9BrClFN2OS/c15-9-3-6-12(11(16)7-9)18-14(21)19-13(20)8-1-4-10(17)5-2-8/h1-7H,(H2,18,19,20,21). The smallest absolute Gasteiger partial charge is 0.257 e. The fourth-order valence-electron chi connectivity index (χ4n) is 1.52. The Morgan fingerprint density at radius 3 is 2.48 bits per heavy atom. The van der Waals surface area contributed by atoms with E-state index in [2.05, 4.69) is 26.6 Å². The maximum atomic E-state index is 12.8. The number of nitrogens with one attached hydrogen (secondary N) is 2. The van der Waals surface area contributed by atoms with Crippen LogP contribution in [-0.4, -0.2) is 11.0 Å². The van der Waals surface area contributed by atoms with E-state index in [1.165, 1.54) is 24.3 Å². The Labute approximate surface area is 139 Å². The van der Waals surface area contributed by atoms with E-state index in [-0.39, 0.29) is 5.11 Å². The fourth-order valence-corrected chi connectivity index (χ4v) is 2.44. The van der Waals surface area contributed by atoms with Crippen LogP contribution in [0.2, 0.25) is 5.02 Å². The molecule has 0 atom stereocenters. The normalized spacial score (nSPS) is 10.0. The van der Waals surface area contributed by atoms with E-state index in [4.69, 9.17) is 23.8 Å². The topological polar surface area (TPSA) is 41.1 Å². The van der Waals surface area contributed by atoms with Gasteiger partial charge in [-0.2, -0.15) is 0 Å². The summed E-state index contributed by atoms with van der Waals surface area (Å²) in [5.41, 5.74) is 0.881. The highest BCUT2D eigenvalue weighted by Crippen LogP contribution is 2.25. The second kappa shape index (κ2) is 6.98. The first kappa shape index (κ1) is 15.9. The number of carbonyl (C=O) groups is 1. The number of amides is 1. The van der Waals surface area contributed by atoms with Crippen molar-refractivity contribution >= 4 is 56.5 Å². The number of rotatable bonds is 2. The molecule has 7 heteroatoms. The Morgan fingerprint density at radius 1 is 1.19 bits per heavy atom. The highest BCUT2D eigenvalue weighted by atomic mass is 79.9. The fraction of sp³-hybridized carbons (Fsp3) is 0. The molecule has 2 rings (SSSR count). The van der Waals surface area contributed by atoms with Gasteiger partial charge in [-0.15, -0.1) is 0 Å². The maximum absolute atomic E-state index is 12.8. The molecule has 0 fully saturated rings. The second-order valence-corrected chi connectivity index (χ2v) is 5.77. The summed E-state index contributed by atoms with van der Waals surface area (Å²) in [6.07, 6.45) is 0. The zero-order valence-corrected chi connectivity index (χ0v) is 13.7. The van der Waals surface area contributed by atoms with E-state index in [9.17, 15) is 9.18 Å². The molecule has 2 N–H and O–H groups in total. The Hall–Kier alpha value is -1.50. The molecule has 0 aliphatic heterocycles. The average molecular weight is 388 g/mol. The molecule has 0 saturated carbocycles. The highest BCUT2D eigenvalue weighted by Gasteiger charge is 2.09. The summed E-state index contributed by atoms with van der Waals surface area (Å²) in [5.74, 6) is -0.838. The monoisotopic (exact) mass is 386 g/mol. The zero-order chi connectivity index (χ0) is 15.4. The van der Waals surface area contributed by atoms with Crippen molar-refractivity contribution in [1.82, 2.24) is 5.32 Å². The van der Waals surface area contributed by atoms with Gasteiger partial charge in [-0.3, -0.25) is 10.1 Å². The summed E-state index contributed by atoms with van der Waals surface area (Å²) in [4.78, 5) is 11.9. The molecule has 0 spiro atoms. The molecule has 2 aromatic rings. The minimum absolute atomic E-state index is 0.105. The Kier molecular flexibility index (Phi) is 5.27. The molecule has 21 heavy (non-hydrogen) atoms. The SMILES string of the molecule is O=C(NC(=S)Nc1ccc(Br)cc1Cl)c1ccc(F)cc1. The van der Waals surface area contributed by atoms with Crippen LogP contribution in [0.4, 0.5) is 10.1 Å². The van der Waals surface area contributed by atoms with Crippen molar-refractivity contribution in [3.8, 4) is 0 Å². The number of thiocarbonyl (C=S) groups is 1. The molecule has 0 aliphatic carbocycles. The first-order valence-electron chi connectivity index (χ1n) is 5.78. The van der Waals surface area contributed by atoms with Crippen LogP contribution < -0.4 is 10.6 Å². The molecule has 0 heterocycles. The lowest BCUT2D eigenvalue weighted by molar-refractivity contribution is 0.0977.